The third kappa shape index (κ3) is 2.90. The van der Waals surface area contributed by atoms with E-state index < -0.39 is 0 Å². The first kappa shape index (κ1) is 12.9. The van der Waals surface area contributed by atoms with Gasteiger partial charge in [0.2, 0.25) is 0 Å². The van der Waals surface area contributed by atoms with E-state index in [4.69, 9.17) is 28.9 Å². The molecule has 0 spiro atoms. The smallest absolute Gasteiger partial charge is 0.251 e. The Labute approximate surface area is 104 Å². The predicted molar refractivity (Wildman–Crippen MR) is 68.0 cm³/mol. The van der Waals surface area contributed by atoms with Crippen LogP contribution < -0.4 is 11.1 Å². The van der Waals surface area contributed by atoms with Gasteiger partial charge in [0.25, 0.3) is 5.91 Å². The van der Waals surface area contributed by atoms with Gasteiger partial charge in [-0.05, 0) is 19.1 Å². The lowest BCUT2D eigenvalue weighted by atomic mass is 10.2. The second-order valence-corrected chi connectivity index (χ2v) is 4.17. The van der Waals surface area contributed by atoms with Crippen LogP contribution in [0.4, 0.5) is 5.69 Å². The van der Waals surface area contributed by atoms with Crippen molar-refractivity contribution < 1.29 is 4.79 Å². The highest BCUT2D eigenvalue weighted by molar-refractivity contribution is 6.39. The van der Waals surface area contributed by atoms with E-state index in [1.165, 1.54) is 12.1 Å². The second-order valence-electron chi connectivity index (χ2n) is 3.35. The molecule has 3 N–H and O–H groups in total. The number of carbonyl (C=O) groups excluding carboxylic acids is 1. The number of hydrogen-bond donors (Lipinski definition) is 2. The van der Waals surface area contributed by atoms with E-state index in [1.54, 1.807) is 6.08 Å². The standard InChI is InChI=1S/C11H12Cl2N2O/c1-3-6(2)15-11(16)7-4-8(12)10(14)9(13)5-7/h3-6H,1,14H2,2H3,(H,15,16). The summed E-state index contributed by atoms with van der Waals surface area (Å²) >= 11 is 11.6. The van der Waals surface area contributed by atoms with E-state index in [0.717, 1.165) is 0 Å². The summed E-state index contributed by atoms with van der Waals surface area (Å²) in [7, 11) is 0. The van der Waals surface area contributed by atoms with Crippen LogP contribution >= 0.6 is 23.2 Å². The molecule has 0 saturated carbocycles. The van der Waals surface area contributed by atoms with Crippen molar-refractivity contribution in [3.63, 3.8) is 0 Å². The van der Waals surface area contributed by atoms with Gasteiger partial charge in [-0.15, -0.1) is 6.58 Å². The maximum absolute atomic E-state index is 11.7. The Hall–Kier alpha value is -1.19. The number of nitrogens with one attached hydrogen (secondary N) is 1. The van der Waals surface area contributed by atoms with Gasteiger partial charge in [0.1, 0.15) is 0 Å². The molecule has 0 aliphatic carbocycles. The zero-order chi connectivity index (χ0) is 12.3. The van der Waals surface area contributed by atoms with Crippen LogP contribution in [0.5, 0.6) is 0 Å². The molecule has 0 radical (unpaired) electrons. The summed E-state index contributed by atoms with van der Waals surface area (Å²) in [6, 6.07) is 2.84. The third-order valence-electron chi connectivity index (χ3n) is 2.05. The zero-order valence-electron chi connectivity index (χ0n) is 8.76. The minimum atomic E-state index is -0.267. The van der Waals surface area contributed by atoms with Gasteiger partial charge in [0.05, 0.1) is 15.7 Å². The van der Waals surface area contributed by atoms with Crippen LogP contribution in [-0.4, -0.2) is 11.9 Å². The predicted octanol–water partition coefficient (Wildman–Crippen LogP) is 2.88. The van der Waals surface area contributed by atoms with E-state index in [9.17, 15) is 4.79 Å². The summed E-state index contributed by atoms with van der Waals surface area (Å²) in [4.78, 5) is 11.7. The Balaban J connectivity index is 2.97. The number of anilines is 1. The molecule has 0 aliphatic rings. The van der Waals surface area contributed by atoms with Crippen LogP contribution in [0.3, 0.4) is 0 Å². The van der Waals surface area contributed by atoms with Crippen molar-refractivity contribution in [1.29, 1.82) is 0 Å². The quantitative estimate of drug-likeness (QED) is 0.647. The fourth-order valence-electron chi connectivity index (χ4n) is 1.06. The SMILES string of the molecule is C=CC(C)NC(=O)c1cc(Cl)c(N)c(Cl)c1. The number of amides is 1. The molecule has 1 aromatic carbocycles. The summed E-state index contributed by atoms with van der Waals surface area (Å²) in [5, 5.41) is 3.24. The maximum Gasteiger partial charge on any atom is 0.251 e. The number of hydrogen-bond acceptors (Lipinski definition) is 2. The van der Waals surface area contributed by atoms with Gasteiger partial charge in [-0.25, -0.2) is 0 Å². The lowest BCUT2D eigenvalue weighted by Gasteiger charge is -2.10. The monoisotopic (exact) mass is 258 g/mol. The Bertz CT molecular complexity index is 409. The van der Waals surface area contributed by atoms with Crippen molar-refractivity contribution in [2.24, 2.45) is 0 Å². The summed E-state index contributed by atoms with van der Waals surface area (Å²) in [5.74, 6) is -0.267. The Morgan fingerprint density at radius 3 is 2.44 bits per heavy atom. The average molecular weight is 259 g/mol. The van der Waals surface area contributed by atoms with Crippen molar-refractivity contribution in [3.8, 4) is 0 Å². The molecule has 0 bridgehead atoms. The first-order chi connectivity index (χ1) is 7.45. The molecule has 1 rings (SSSR count). The first-order valence-corrected chi connectivity index (χ1v) is 5.39. The largest absolute Gasteiger partial charge is 0.396 e. The molecule has 0 heterocycles. The summed E-state index contributed by atoms with van der Waals surface area (Å²) in [6.07, 6.45) is 1.62. The number of benzene rings is 1. The number of carbonyl (C=O) groups is 1. The highest BCUT2D eigenvalue weighted by Gasteiger charge is 2.12. The lowest BCUT2D eigenvalue weighted by molar-refractivity contribution is 0.0947. The molecule has 0 fully saturated rings. The van der Waals surface area contributed by atoms with Crippen LogP contribution in [0.15, 0.2) is 24.8 Å². The average Bonchev–Trinajstić information content (AvgIpc) is 2.24. The van der Waals surface area contributed by atoms with Crippen molar-refractivity contribution in [3.05, 3.63) is 40.4 Å². The van der Waals surface area contributed by atoms with E-state index >= 15 is 0 Å². The molecule has 1 atom stereocenters. The maximum atomic E-state index is 11.7. The van der Waals surface area contributed by atoms with Gasteiger partial charge in [-0.3, -0.25) is 4.79 Å². The summed E-state index contributed by atoms with van der Waals surface area (Å²) in [5.41, 5.74) is 6.21. The molecule has 0 saturated heterocycles. The van der Waals surface area contributed by atoms with Crippen LogP contribution in [0.25, 0.3) is 0 Å². The molecule has 16 heavy (non-hydrogen) atoms. The molecule has 0 aromatic heterocycles. The van der Waals surface area contributed by atoms with Gasteiger partial charge in [0, 0.05) is 11.6 Å². The van der Waals surface area contributed by atoms with Crippen molar-refractivity contribution in [1.82, 2.24) is 5.32 Å². The van der Waals surface area contributed by atoms with Crippen molar-refractivity contribution in [2.45, 2.75) is 13.0 Å². The Kier molecular flexibility index (Phi) is 4.21. The van der Waals surface area contributed by atoms with Gasteiger partial charge in [-0.2, -0.15) is 0 Å². The van der Waals surface area contributed by atoms with Crippen molar-refractivity contribution >= 4 is 34.8 Å². The van der Waals surface area contributed by atoms with E-state index in [2.05, 4.69) is 11.9 Å². The number of nitrogen functional groups attached to an aromatic ring is 1. The highest BCUT2D eigenvalue weighted by atomic mass is 35.5. The first-order valence-electron chi connectivity index (χ1n) is 4.63. The summed E-state index contributed by atoms with van der Waals surface area (Å²) in [6.45, 7) is 5.38. The lowest BCUT2D eigenvalue weighted by Crippen LogP contribution is -2.30. The van der Waals surface area contributed by atoms with Gasteiger partial charge >= 0.3 is 0 Å². The van der Waals surface area contributed by atoms with Crippen LogP contribution in [-0.2, 0) is 0 Å². The minimum absolute atomic E-state index is 0.123. The third-order valence-corrected chi connectivity index (χ3v) is 2.68. The number of rotatable bonds is 3. The fourth-order valence-corrected chi connectivity index (χ4v) is 1.55. The molecule has 1 amide bonds. The minimum Gasteiger partial charge on any atom is -0.396 e. The van der Waals surface area contributed by atoms with Crippen LogP contribution in [0.2, 0.25) is 10.0 Å². The zero-order valence-corrected chi connectivity index (χ0v) is 10.3. The van der Waals surface area contributed by atoms with Gasteiger partial charge < -0.3 is 11.1 Å². The van der Waals surface area contributed by atoms with Gasteiger partial charge in [0.15, 0.2) is 0 Å². The fraction of sp³-hybridized carbons (Fsp3) is 0.182. The number of halogens is 2. The second kappa shape index (κ2) is 5.23. The topological polar surface area (TPSA) is 55.1 Å². The van der Waals surface area contributed by atoms with E-state index in [1.807, 2.05) is 6.92 Å². The molecule has 1 unspecified atom stereocenters. The molecular weight excluding hydrogens is 247 g/mol. The molecule has 0 aliphatic heterocycles. The van der Waals surface area contributed by atoms with Crippen LogP contribution in [0.1, 0.15) is 17.3 Å². The van der Waals surface area contributed by atoms with E-state index in [-0.39, 0.29) is 27.7 Å². The van der Waals surface area contributed by atoms with Gasteiger partial charge in [-0.1, -0.05) is 29.3 Å². The molecule has 5 heteroatoms. The number of nitrogens with two attached hydrogens (primary N) is 1. The van der Waals surface area contributed by atoms with Crippen molar-refractivity contribution in [2.75, 3.05) is 5.73 Å². The summed E-state index contributed by atoms with van der Waals surface area (Å²) < 4.78 is 0. The Morgan fingerprint density at radius 1 is 1.50 bits per heavy atom. The highest BCUT2D eigenvalue weighted by Crippen LogP contribution is 2.28. The van der Waals surface area contributed by atoms with Crippen LogP contribution in [0, 0.1) is 0 Å². The van der Waals surface area contributed by atoms with E-state index in [0.29, 0.717) is 5.56 Å². The molecule has 1 aromatic rings. The molecular formula is C11H12Cl2N2O. The molecule has 3 nitrogen and oxygen atoms in total. The normalized spacial score (nSPS) is 11.9. The molecule has 86 valence electrons. The Morgan fingerprint density at radius 2 is 2.00 bits per heavy atom.